The van der Waals surface area contributed by atoms with Crippen LogP contribution < -0.4 is 0 Å². The summed E-state index contributed by atoms with van der Waals surface area (Å²) < 4.78 is 33.4. The Balaban J connectivity index is 2.34. The summed E-state index contributed by atoms with van der Waals surface area (Å²) in [6, 6.07) is 0. The highest BCUT2D eigenvalue weighted by atomic mass is 16.6. The molecule has 0 saturated carbocycles. The molecular formula is C26H36O11. The van der Waals surface area contributed by atoms with Crippen LogP contribution in [0.1, 0.15) is 53.4 Å². The lowest BCUT2D eigenvalue weighted by molar-refractivity contribution is -0.179. The van der Waals surface area contributed by atoms with Gasteiger partial charge in [-0.15, -0.1) is 6.58 Å². The van der Waals surface area contributed by atoms with Crippen molar-refractivity contribution < 1.29 is 52.4 Å². The summed E-state index contributed by atoms with van der Waals surface area (Å²) in [5, 5.41) is 0. The summed E-state index contributed by atoms with van der Waals surface area (Å²) in [6.45, 7) is 9.20. The van der Waals surface area contributed by atoms with Crippen LogP contribution in [0.3, 0.4) is 0 Å². The Labute approximate surface area is 216 Å². The van der Waals surface area contributed by atoms with Crippen molar-refractivity contribution in [3.63, 3.8) is 0 Å². The van der Waals surface area contributed by atoms with Crippen LogP contribution in [0.4, 0.5) is 0 Å². The first-order valence-corrected chi connectivity index (χ1v) is 12.3. The van der Waals surface area contributed by atoms with Gasteiger partial charge >= 0.3 is 17.9 Å². The van der Waals surface area contributed by atoms with Gasteiger partial charge in [-0.2, -0.15) is 0 Å². The van der Waals surface area contributed by atoms with Crippen LogP contribution in [0.5, 0.6) is 0 Å². The predicted molar refractivity (Wildman–Crippen MR) is 128 cm³/mol. The third-order valence-corrected chi connectivity index (χ3v) is 5.69. The van der Waals surface area contributed by atoms with Gasteiger partial charge in [0.1, 0.15) is 18.8 Å². The second-order valence-electron chi connectivity index (χ2n) is 8.87. The van der Waals surface area contributed by atoms with Crippen molar-refractivity contribution in [1.29, 1.82) is 0 Å². The molecular weight excluding hydrogens is 488 g/mol. The molecule has 7 atom stereocenters. The summed E-state index contributed by atoms with van der Waals surface area (Å²) in [6.07, 6.45) is -1.14. The van der Waals surface area contributed by atoms with E-state index >= 15 is 0 Å². The second kappa shape index (κ2) is 14.7. The molecule has 0 radical (unpaired) electrons. The van der Waals surface area contributed by atoms with E-state index in [4.69, 9.17) is 28.4 Å². The van der Waals surface area contributed by atoms with Crippen molar-refractivity contribution in [2.75, 3.05) is 13.2 Å². The Morgan fingerprint density at radius 2 is 1.76 bits per heavy atom. The number of rotatable bonds is 14. The first kappa shape index (κ1) is 30.3. The maximum atomic E-state index is 13.5. The predicted octanol–water partition coefficient (Wildman–Crippen LogP) is 1.79. The van der Waals surface area contributed by atoms with Gasteiger partial charge in [0.15, 0.2) is 29.9 Å². The molecule has 2 rings (SSSR count). The summed E-state index contributed by atoms with van der Waals surface area (Å²) >= 11 is 0. The van der Waals surface area contributed by atoms with E-state index in [1.807, 2.05) is 6.92 Å². The largest absolute Gasteiger partial charge is 0.462 e. The lowest BCUT2D eigenvalue weighted by Gasteiger charge is -2.32. The molecule has 2 aliphatic heterocycles. The minimum atomic E-state index is -1.38. The summed E-state index contributed by atoms with van der Waals surface area (Å²) in [5.74, 6) is -2.93. The topological polar surface area (TPSA) is 141 Å². The van der Waals surface area contributed by atoms with E-state index < -0.39 is 72.2 Å². The molecule has 0 aromatic heterocycles. The molecule has 0 N–H and O–H groups in total. The molecule has 1 fully saturated rings. The summed E-state index contributed by atoms with van der Waals surface area (Å²) in [4.78, 5) is 61.1. The van der Waals surface area contributed by atoms with Gasteiger partial charge in [-0.1, -0.05) is 25.5 Å². The molecule has 0 aromatic carbocycles. The Hall–Kier alpha value is -2.89. The lowest BCUT2D eigenvalue weighted by Crippen LogP contribution is -2.51. The molecule has 0 bridgehead atoms. The van der Waals surface area contributed by atoms with Crippen molar-refractivity contribution in [3.05, 3.63) is 24.8 Å². The van der Waals surface area contributed by atoms with Crippen molar-refractivity contribution in [3.8, 4) is 0 Å². The number of ketones is 2. The molecule has 0 aromatic rings. The molecule has 2 heterocycles. The maximum Gasteiger partial charge on any atom is 0.303 e. The third kappa shape index (κ3) is 9.17. The number of carbonyl (C=O) groups is 5. The summed E-state index contributed by atoms with van der Waals surface area (Å²) in [5.41, 5.74) is 0. The standard InChI is InChI=1S/C26H36O11/c1-6-8-12-32-24-21(13-19(34-16(4)28)14-33-15(3)27)37-25(22(24)31)26(35-17(5)29)23-20(30)11-10-18(36-23)9-7-2/h7,10-11,18-19,21,23-26H,2,6,8-9,12-14H2,1,3-5H3/t18-,19?,21-,23+,24+,25-,26-/m1/s1. The number of hydrogen-bond donors (Lipinski definition) is 0. The van der Waals surface area contributed by atoms with Crippen LogP contribution in [0, 0.1) is 0 Å². The monoisotopic (exact) mass is 524 g/mol. The quantitative estimate of drug-likeness (QED) is 0.142. The van der Waals surface area contributed by atoms with E-state index in [2.05, 4.69) is 6.58 Å². The number of esters is 3. The highest BCUT2D eigenvalue weighted by Crippen LogP contribution is 2.31. The SMILES string of the molecule is C=CC[C@@H]1C=CC(=O)[C@@H]([C@@H](OC(C)=O)[C@@H]2O[C@H](CC(COC(C)=O)OC(C)=O)[C@H](OCCCC)C2=O)O1. The fourth-order valence-corrected chi connectivity index (χ4v) is 4.10. The molecule has 37 heavy (non-hydrogen) atoms. The number of carbonyl (C=O) groups excluding carboxylic acids is 5. The van der Waals surface area contributed by atoms with Crippen LogP contribution >= 0.6 is 0 Å². The zero-order valence-electron chi connectivity index (χ0n) is 21.7. The average molecular weight is 525 g/mol. The fraction of sp³-hybridized carbons (Fsp3) is 0.654. The van der Waals surface area contributed by atoms with Crippen LogP contribution in [0.15, 0.2) is 24.8 Å². The molecule has 2 aliphatic rings. The van der Waals surface area contributed by atoms with Crippen LogP contribution in [-0.4, -0.2) is 85.4 Å². The molecule has 0 spiro atoms. The Kier molecular flexibility index (Phi) is 12.1. The van der Waals surface area contributed by atoms with Gasteiger partial charge in [-0.05, 0) is 18.9 Å². The molecule has 11 heteroatoms. The Bertz CT molecular complexity index is 880. The normalized spacial score (nSPS) is 26.9. The van der Waals surface area contributed by atoms with Crippen molar-refractivity contribution in [2.24, 2.45) is 0 Å². The molecule has 11 nitrogen and oxygen atoms in total. The maximum absolute atomic E-state index is 13.5. The highest BCUT2D eigenvalue weighted by Gasteiger charge is 2.53. The van der Waals surface area contributed by atoms with Gasteiger partial charge in [-0.3, -0.25) is 24.0 Å². The molecule has 206 valence electrons. The Morgan fingerprint density at radius 1 is 1.05 bits per heavy atom. The average Bonchev–Trinajstić information content (AvgIpc) is 3.12. The summed E-state index contributed by atoms with van der Waals surface area (Å²) in [7, 11) is 0. The second-order valence-corrected chi connectivity index (χ2v) is 8.87. The zero-order valence-corrected chi connectivity index (χ0v) is 21.7. The van der Waals surface area contributed by atoms with Gasteiger partial charge in [0.25, 0.3) is 0 Å². The van der Waals surface area contributed by atoms with E-state index in [9.17, 15) is 24.0 Å². The number of unbranched alkanes of at least 4 members (excludes halogenated alkanes) is 1. The first-order valence-electron chi connectivity index (χ1n) is 12.3. The van der Waals surface area contributed by atoms with E-state index in [-0.39, 0.29) is 19.6 Å². The minimum absolute atomic E-state index is 0.0445. The number of Topliss-reactive ketones (excluding diaryl/α,β-unsaturated/α-hetero) is 1. The molecule has 0 aliphatic carbocycles. The lowest BCUT2D eigenvalue weighted by atomic mass is 9.96. The van der Waals surface area contributed by atoms with Crippen LogP contribution in [-0.2, 0) is 52.4 Å². The molecule has 0 amide bonds. The zero-order chi connectivity index (χ0) is 27.5. The first-order chi connectivity index (χ1) is 17.6. The van der Waals surface area contributed by atoms with Crippen LogP contribution in [0.2, 0.25) is 0 Å². The van der Waals surface area contributed by atoms with Gasteiger partial charge in [0, 0.05) is 33.8 Å². The fourth-order valence-electron chi connectivity index (χ4n) is 4.10. The third-order valence-electron chi connectivity index (χ3n) is 5.69. The van der Waals surface area contributed by atoms with E-state index in [0.717, 1.165) is 13.3 Å². The van der Waals surface area contributed by atoms with E-state index in [1.54, 1.807) is 12.2 Å². The van der Waals surface area contributed by atoms with Gasteiger partial charge < -0.3 is 28.4 Å². The van der Waals surface area contributed by atoms with E-state index in [0.29, 0.717) is 12.8 Å². The smallest absolute Gasteiger partial charge is 0.303 e. The van der Waals surface area contributed by atoms with E-state index in [1.165, 1.54) is 19.9 Å². The van der Waals surface area contributed by atoms with Gasteiger partial charge in [0.05, 0.1) is 12.2 Å². The molecule has 1 unspecified atom stereocenters. The van der Waals surface area contributed by atoms with Crippen LogP contribution in [0.25, 0.3) is 0 Å². The van der Waals surface area contributed by atoms with Crippen molar-refractivity contribution in [1.82, 2.24) is 0 Å². The minimum Gasteiger partial charge on any atom is -0.462 e. The number of hydrogen-bond acceptors (Lipinski definition) is 11. The molecule has 1 saturated heterocycles. The van der Waals surface area contributed by atoms with Gasteiger partial charge in [-0.25, -0.2) is 0 Å². The van der Waals surface area contributed by atoms with Gasteiger partial charge in [0.2, 0.25) is 0 Å². The highest BCUT2D eigenvalue weighted by molar-refractivity contribution is 5.97. The van der Waals surface area contributed by atoms with Crippen molar-refractivity contribution >= 4 is 29.5 Å². The Morgan fingerprint density at radius 3 is 2.35 bits per heavy atom. The van der Waals surface area contributed by atoms with Crippen molar-refractivity contribution in [2.45, 2.75) is 96.1 Å². The number of ether oxygens (including phenoxy) is 6.